The molecule has 3 rings (SSSR count). The van der Waals surface area contributed by atoms with Gasteiger partial charge in [0.05, 0.1) is 13.1 Å². The third kappa shape index (κ3) is 4.03. The van der Waals surface area contributed by atoms with Crippen LogP contribution in [-0.2, 0) is 11.3 Å². The van der Waals surface area contributed by atoms with E-state index >= 15 is 0 Å². The number of fused-ring (bicyclic) bond motifs is 2. The quantitative estimate of drug-likeness (QED) is 0.265. The molecule has 4 N–H and O–H groups in total. The third-order valence-corrected chi connectivity index (χ3v) is 4.54. The van der Waals surface area contributed by atoms with E-state index in [4.69, 9.17) is 5.11 Å². The van der Waals surface area contributed by atoms with Crippen LogP contribution in [-0.4, -0.2) is 39.1 Å². The number of carboxylic acids is 1. The molecule has 0 atom stereocenters. The van der Waals surface area contributed by atoms with E-state index in [-0.39, 0.29) is 12.1 Å². The smallest absolute Gasteiger partial charge is 0.413 e. The van der Waals surface area contributed by atoms with Gasteiger partial charge in [-0.05, 0) is 56.5 Å². The molecule has 142 valence electrons. The SMILES string of the molecule is Cc1cc2nc3c(=O)[nH]c(=O)[nH]c3[n+](CCCCNCC(=O)O)c2cc1C. The second-order valence-corrected chi connectivity index (χ2v) is 6.57. The summed E-state index contributed by atoms with van der Waals surface area (Å²) in [6.07, 6.45) is 1.50. The number of unbranched alkanes of at least 4 members (excludes halogenated alkanes) is 1. The number of hydrogen-bond donors (Lipinski definition) is 4. The zero-order valence-electron chi connectivity index (χ0n) is 15.3. The van der Waals surface area contributed by atoms with Crippen molar-refractivity contribution in [2.24, 2.45) is 0 Å². The van der Waals surface area contributed by atoms with Gasteiger partial charge in [0.25, 0.3) is 5.56 Å². The lowest BCUT2D eigenvalue weighted by atomic mass is 10.1. The molecule has 0 saturated heterocycles. The van der Waals surface area contributed by atoms with Crippen molar-refractivity contribution in [3.63, 3.8) is 0 Å². The molecule has 0 unspecified atom stereocenters. The average molecular weight is 372 g/mol. The Kier molecular flexibility index (Phi) is 5.31. The molecule has 27 heavy (non-hydrogen) atoms. The lowest BCUT2D eigenvalue weighted by Gasteiger charge is -2.09. The summed E-state index contributed by atoms with van der Waals surface area (Å²) in [5.41, 5.74) is 3.16. The van der Waals surface area contributed by atoms with E-state index in [0.717, 1.165) is 29.5 Å². The van der Waals surface area contributed by atoms with E-state index in [1.54, 1.807) is 0 Å². The third-order valence-electron chi connectivity index (χ3n) is 4.54. The van der Waals surface area contributed by atoms with Crippen LogP contribution in [0.25, 0.3) is 22.2 Å². The predicted octanol–water partition coefficient (Wildman–Crippen LogP) is 0.123. The van der Waals surface area contributed by atoms with Crippen molar-refractivity contribution in [3.8, 4) is 0 Å². The highest BCUT2D eigenvalue weighted by molar-refractivity contribution is 5.80. The maximum Gasteiger partial charge on any atom is 0.413 e. The Labute approximate surface area is 154 Å². The van der Waals surface area contributed by atoms with Crippen LogP contribution >= 0.6 is 0 Å². The molecule has 9 nitrogen and oxygen atoms in total. The van der Waals surface area contributed by atoms with Crippen LogP contribution in [0.3, 0.4) is 0 Å². The highest BCUT2D eigenvalue weighted by Crippen LogP contribution is 2.16. The van der Waals surface area contributed by atoms with Crippen LogP contribution in [0.1, 0.15) is 24.0 Å². The first-order valence-corrected chi connectivity index (χ1v) is 8.76. The van der Waals surface area contributed by atoms with Crippen molar-refractivity contribution in [1.82, 2.24) is 20.3 Å². The zero-order valence-corrected chi connectivity index (χ0v) is 15.3. The van der Waals surface area contributed by atoms with E-state index < -0.39 is 17.2 Å². The lowest BCUT2D eigenvalue weighted by molar-refractivity contribution is -0.648. The summed E-state index contributed by atoms with van der Waals surface area (Å²) in [7, 11) is 0. The number of hydrogen-bond acceptors (Lipinski definition) is 5. The van der Waals surface area contributed by atoms with Crippen LogP contribution in [0.5, 0.6) is 0 Å². The Morgan fingerprint density at radius 1 is 1.19 bits per heavy atom. The van der Waals surface area contributed by atoms with Crippen LogP contribution in [0.15, 0.2) is 21.7 Å². The van der Waals surface area contributed by atoms with E-state index in [1.165, 1.54) is 0 Å². The van der Waals surface area contributed by atoms with Gasteiger partial charge < -0.3 is 10.4 Å². The molecule has 3 aromatic rings. The fourth-order valence-corrected chi connectivity index (χ4v) is 3.05. The van der Waals surface area contributed by atoms with Crippen molar-refractivity contribution in [3.05, 3.63) is 44.1 Å². The van der Waals surface area contributed by atoms with Gasteiger partial charge in [0.15, 0.2) is 5.52 Å². The van der Waals surface area contributed by atoms with Crippen LogP contribution in [0.2, 0.25) is 0 Å². The molecule has 1 aromatic carbocycles. The second-order valence-electron chi connectivity index (χ2n) is 6.57. The van der Waals surface area contributed by atoms with Crippen LogP contribution in [0.4, 0.5) is 0 Å². The minimum Gasteiger partial charge on any atom is -0.480 e. The number of aromatic nitrogens is 4. The van der Waals surface area contributed by atoms with Gasteiger partial charge in [-0.1, -0.05) is 0 Å². The van der Waals surface area contributed by atoms with Gasteiger partial charge in [-0.15, -0.1) is 0 Å². The highest BCUT2D eigenvalue weighted by Gasteiger charge is 2.19. The number of benzene rings is 1. The Balaban J connectivity index is 2.01. The van der Waals surface area contributed by atoms with Crippen LogP contribution < -0.4 is 21.1 Å². The first-order chi connectivity index (χ1) is 12.9. The first kappa shape index (κ1) is 18.7. The second kappa shape index (κ2) is 7.67. The fourth-order valence-electron chi connectivity index (χ4n) is 3.05. The van der Waals surface area contributed by atoms with Gasteiger partial charge in [0.1, 0.15) is 5.52 Å². The normalized spacial score (nSPS) is 11.3. The van der Waals surface area contributed by atoms with Crippen molar-refractivity contribution in [2.45, 2.75) is 33.2 Å². The maximum absolute atomic E-state index is 12.2. The number of aryl methyl sites for hydroxylation is 3. The number of nitrogens with zero attached hydrogens (tertiary/aromatic N) is 2. The van der Waals surface area contributed by atoms with E-state index in [1.807, 2.05) is 30.5 Å². The minimum absolute atomic E-state index is 0.0740. The monoisotopic (exact) mass is 372 g/mol. The average Bonchev–Trinajstić information content (AvgIpc) is 2.59. The summed E-state index contributed by atoms with van der Waals surface area (Å²) in [6.45, 7) is 5.04. The molecule has 0 spiro atoms. The summed E-state index contributed by atoms with van der Waals surface area (Å²) >= 11 is 0. The Bertz CT molecular complexity index is 1130. The number of carbonyl (C=O) groups is 1. The largest absolute Gasteiger partial charge is 0.480 e. The number of aromatic amines is 2. The lowest BCUT2D eigenvalue weighted by Crippen LogP contribution is -2.41. The molecule has 0 fully saturated rings. The van der Waals surface area contributed by atoms with Gasteiger partial charge >= 0.3 is 17.3 Å². The molecule has 9 heteroatoms. The molecule has 0 aliphatic heterocycles. The predicted molar refractivity (Wildman–Crippen MR) is 99.9 cm³/mol. The molecule has 0 amide bonds. The number of nitrogens with one attached hydrogen (secondary N) is 3. The van der Waals surface area contributed by atoms with Crippen molar-refractivity contribution >= 4 is 28.2 Å². The van der Waals surface area contributed by atoms with Crippen molar-refractivity contribution < 1.29 is 14.5 Å². The summed E-state index contributed by atoms with van der Waals surface area (Å²) in [4.78, 5) is 43.9. The molecule has 0 radical (unpaired) electrons. The van der Waals surface area contributed by atoms with E-state index in [0.29, 0.717) is 24.3 Å². The molecule has 2 heterocycles. The maximum atomic E-state index is 12.2. The zero-order chi connectivity index (χ0) is 19.6. The molecular weight excluding hydrogens is 350 g/mol. The Morgan fingerprint density at radius 2 is 1.93 bits per heavy atom. The molecule has 0 bridgehead atoms. The number of rotatable bonds is 7. The van der Waals surface area contributed by atoms with Gasteiger partial charge in [-0.2, -0.15) is 4.98 Å². The Morgan fingerprint density at radius 3 is 2.67 bits per heavy atom. The molecule has 0 aliphatic rings. The molecule has 0 aliphatic carbocycles. The minimum atomic E-state index is -0.891. The summed E-state index contributed by atoms with van der Waals surface area (Å²) in [5.74, 6) is -0.891. The van der Waals surface area contributed by atoms with Crippen molar-refractivity contribution in [1.29, 1.82) is 0 Å². The Hall–Kier alpha value is -3.07. The first-order valence-electron chi connectivity index (χ1n) is 8.76. The van der Waals surface area contributed by atoms with Gasteiger partial charge in [-0.25, -0.2) is 14.3 Å². The molecular formula is C18H22N5O4+. The summed E-state index contributed by atoms with van der Waals surface area (Å²) in [6, 6.07) is 3.93. The highest BCUT2D eigenvalue weighted by atomic mass is 16.4. The number of carboxylic acid groups (broad SMARTS) is 1. The standard InChI is InChI=1S/C18H21N5O4/c1-10-7-12-13(8-11(10)2)23(6-4-3-5-19-9-14(24)25)16-15(20-12)17(26)22-18(27)21-16/h7-8,19H,3-6,9H2,1-2H3,(H2,22,24,25,26,27)/p+1. The topological polar surface area (TPSA) is 132 Å². The van der Waals surface area contributed by atoms with E-state index in [9.17, 15) is 14.4 Å². The molecule has 2 aromatic heterocycles. The number of H-pyrrole nitrogens is 2. The summed E-state index contributed by atoms with van der Waals surface area (Å²) < 4.78 is 1.90. The van der Waals surface area contributed by atoms with E-state index in [2.05, 4.69) is 20.3 Å². The van der Waals surface area contributed by atoms with Gasteiger partial charge in [0, 0.05) is 0 Å². The number of aliphatic carboxylic acids is 1. The molecule has 0 saturated carbocycles. The fraction of sp³-hybridized carbons (Fsp3) is 0.389. The van der Waals surface area contributed by atoms with Crippen molar-refractivity contribution in [2.75, 3.05) is 13.1 Å². The van der Waals surface area contributed by atoms with Gasteiger partial charge in [0.2, 0.25) is 5.52 Å². The summed E-state index contributed by atoms with van der Waals surface area (Å²) in [5, 5.41) is 11.5. The van der Waals surface area contributed by atoms with Gasteiger partial charge in [-0.3, -0.25) is 14.6 Å². The van der Waals surface area contributed by atoms with Crippen LogP contribution in [0, 0.1) is 13.8 Å².